The topological polar surface area (TPSA) is 149 Å². The van der Waals surface area contributed by atoms with Gasteiger partial charge in [0.1, 0.15) is 24.4 Å². The lowest BCUT2D eigenvalue weighted by molar-refractivity contribution is -0.302. The van der Waals surface area contributed by atoms with Gasteiger partial charge < -0.3 is 40.3 Å². The predicted molar refractivity (Wildman–Crippen MR) is 340 cm³/mol. The van der Waals surface area contributed by atoms with Crippen molar-refractivity contribution in [2.24, 2.45) is 0 Å². The van der Waals surface area contributed by atoms with E-state index in [1.807, 2.05) is 6.08 Å². The molecule has 9 nitrogen and oxygen atoms in total. The van der Waals surface area contributed by atoms with E-state index in [0.29, 0.717) is 6.42 Å². The second-order valence-corrected chi connectivity index (χ2v) is 21.8. The highest BCUT2D eigenvalue weighted by molar-refractivity contribution is 5.76. The molecule has 1 rings (SSSR count). The molecule has 0 aromatic carbocycles. The van der Waals surface area contributed by atoms with Crippen LogP contribution in [0.15, 0.2) is 134 Å². The van der Waals surface area contributed by atoms with Crippen molar-refractivity contribution in [2.45, 2.75) is 294 Å². The Balaban J connectivity index is 2.16. The Morgan fingerprint density at radius 1 is 0.438 bits per heavy atom. The van der Waals surface area contributed by atoms with E-state index in [1.165, 1.54) is 122 Å². The molecule has 0 saturated carbocycles. The third kappa shape index (κ3) is 46.9. The Labute approximate surface area is 490 Å². The van der Waals surface area contributed by atoms with Crippen molar-refractivity contribution in [3.05, 3.63) is 134 Å². The molecule has 80 heavy (non-hydrogen) atoms. The molecule has 0 aromatic heterocycles. The Kier molecular flexibility index (Phi) is 54.4. The number of amides is 1. The zero-order valence-corrected chi connectivity index (χ0v) is 50.8. The van der Waals surface area contributed by atoms with Crippen LogP contribution in [0.5, 0.6) is 0 Å². The van der Waals surface area contributed by atoms with Gasteiger partial charge >= 0.3 is 0 Å². The highest BCUT2D eigenvalue weighted by atomic mass is 16.7. The van der Waals surface area contributed by atoms with Gasteiger partial charge in [0.05, 0.1) is 25.4 Å². The summed E-state index contributed by atoms with van der Waals surface area (Å²) in [7, 11) is 0. The molecular formula is C71H119NO8. The van der Waals surface area contributed by atoms with Gasteiger partial charge in [-0.2, -0.15) is 0 Å². The van der Waals surface area contributed by atoms with Crippen LogP contribution in [0.1, 0.15) is 251 Å². The Morgan fingerprint density at radius 3 is 1.20 bits per heavy atom. The Morgan fingerprint density at radius 2 is 0.787 bits per heavy atom. The number of aliphatic hydroxyl groups excluding tert-OH is 5. The lowest BCUT2D eigenvalue weighted by Crippen LogP contribution is -2.60. The maximum absolute atomic E-state index is 13.1. The van der Waals surface area contributed by atoms with E-state index < -0.39 is 49.5 Å². The molecule has 0 radical (unpaired) electrons. The first kappa shape index (κ1) is 74.3. The number of unbranched alkanes of at least 4 members (excludes halogenated alkanes) is 24. The molecule has 0 spiro atoms. The number of hydrogen-bond donors (Lipinski definition) is 6. The molecule has 1 fully saturated rings. The minimum Gasteiger partial charge on any atom is -0.394 e. The molecule has 0 aromatic rings. The van der Waals surface area contributed by atoms with Gasteiger partial charge in [-0.1, -0.05) is 276 Å². The van der Waals surface area contributed by atoms with Gasteiger partial charge in [0.15, 0.2) is 6.29 Å². The zero-order chi connectivity index (χ0) is 57.9. The Bertz CT molecular complexity index is 1720. The fraction of sp³-hybridized carbons (Fsp3) is 0.676. The van der Waals surface area contributed by atoms with Crippen LogP contribution >= 0.6 is 0 Å². The van der Waals surface area contributed by atoms with E-state index in [-0.39, 0.29) is 12.5 Å². The first-order valence-corrected chi connectivity index (χ1v) is 32.4. The molecular weight excluding hydrogens is 995 g/mol. The molecule has 9 heteroatoms. The molecule has 7 unspecified atom stereocenters. The summed E-state index contributed by atoms with van der Waals surface area (Å²) in [5.41, 5.74) is 0. The smallest absolute Gasteiger partial charge is 0.220 e. The molecule has 1 amide bonds. The van der Waals surface area contributed by atoms with Crippen molar-refractivity contribution >= 4 is 5.91 Å². The number of carbonyl (C=O) groups is 1. The highest BCUT2D eigenvalue weighted by Crippen LogP contribution is 2.23. The molecule has 0 bridgehead atoms. The number of rotatable bonds is 54. The van der Waals surface area contributed by atoms with E-state index >= 15 is 0 Å². The van der Waals surface area contributed by atoms with Crippen LogP contribution in [0.4, 0.5) is 0 Å². The normalized spacial score (nSPS) is 19.4. The Hall–Kier alpha value is -3.67. The molecule has 1 heterocycles. The van der Waals surface area contributed by atoms with Gasteiger partial charge in [-0.05, 0) is 103 Å². The molecule has 6 N–H and O–H groups in total. The van der Waals surface area contributed by atoms with E-state index in [1.54, 1.807) is 6.08 Å². The van der Waals surface area contributed by atoms with Gasteiger partial charge in [-0.25, -0.2) is 0 Å². The number of hydrogen-bond acceptors (Lipinski definition) is 8. The molecule has 0 aliphatic carbocycles. The zero-order valence-electron chi connectivity index (χ0n) is 50.8. The number of allylic oxidation sites excluding steroid dienone is 21. The second kappa shape index (κ2) is 58.5. The maximum atomic E-state index is 13.1. The summed E-state index contributed by atoms with van der Waals surface area (Å²) in [5.74, 6) is -0.194. The van der Waals surface area contributed by atoms with Crippen molar-refractivity contribution in [1.29, 1.82) is 0 Å². The van der Waals surface area contributed by atoms with Gasteiger partial charge in [0, 0.05) is 6.42 Å². The van der Waals surface area contributed by atoms with Crippen LogP contribution in [0, 0.1) is 0 Å². The summed E-state index contributed by atoms with van der Waals surface area (Å²) in [6, 6.07) is -0.832. The number of carbonyl (C=O) groups excluding carboxylic acids is 1. The summed E-state index contributed by atoms with van der Waals surface area (Å²) in [4.78, 5) is 13.1. The standard InChI is InChI=1S/C71H119NO8/c1-3-5-7-9-11-13-15-17-19-21-23-24-25-26-27-28-29-30-31-32-33-34-35-36-37-38-39-40-41-42-43-45-47-49-51-53-55-57-59-61-67(75)72-64(63-79-71-70(78)69(77)68(76)66(62-73)80-71)65(74)60-58-56-54-52-50-48-46-44-22-20-18-16-14-12-10-8-6-4-2/h5,7,11,13,17,19,23-24,26-27,29-30,32-33,35-36,38-39,50,52,58,60,64-66,68-71,73-74,76-78H,3-4,6,8-10,12,14-16,18,20-22,25,28,31,34,37,40-49,51,53-57,59,61-63H2,1-2H3,(H,72,75)/b7-5-,13-11-,19-17-,24-23-,27-26-,30-29-,33-32-,36-35-,39-38-,52-50+,60-58+. The van der Waals surface area contributed by atoms with Gasteiger partial charge in [-0.3, -0.25) is 4.79 Å². The summed E-state index contributed by atoms with van der Waals surface area (Å²) in [6.07, 6.45) is 82.5. The van der Waals surface area contributed by atoms with Crippen molar-refractivity contribution < 1.29 is 39.8 Å². The average molecular weight is 1110 g/mol. The quantitative estimate of drug-likeness (QED) is 0.0261. The van der Waals surface area contributed by atoms with Gasteiger partial charge in [0.2, 0.25) is 5.91 Å². The lowest BCUT2D eigenvalue weighted by atomic mass is 9.99. The van der Waals surface area contributed by atoms with Crippen LogP contribution in [-0.2, 0) is 14.3 Å². The van der Waals surface area contributed by atoms with E-state index in [0.717, 1.165) is 109 Å². The van der Waals surface area contributed by atoms with Crippen molar-refractivity contribution in [1.82, 2.24) is 5.32 Å². The van der Waals surface area contributed by atoms with Crippen molar-refractivity contribution in [2.75, 3.05) is 13.2 Å². The fourth-order valence-corrected chi connectivity index (χ4v) is 9.40. The molecule has 1 aliphatic rings. The van der Waals surface area contributed by atoms with Crippen LogP contribution in [0.25, 0.3) is 0 Å². The average Bonchev–Trinajstić information content (AvgIpc) is 3.46. The summed E-state index contributed by atoms with van der Waals surface area (Å²) in [6.45, 7) is 3.65. The summed E-state index contributed by atoms with van der Waals surface area (Å²) < 4.78 is 11.3. The SMILES string of the molecule is CC/C=C\C/C=C\C/C=C\C/C=C\C/C=C\C/C=C\C/C=C\C/C=C\C/C=C\CCCCCCCCCCCCCC(=O)NC(COC1OC(CO)C(O)C(O)C1O)C(O)/C=C/CC/C=C/CCCCCCCCCCCCCC. The lowest BCUT2D eigenvalue weighted by Gasteiger charge is -2.40. The molecule has 1 saturated heterocycles. The number of aliphatic hydroxyl groups is 5. The fourth-order valence-electron chi connectivity index (χ4n) is 9.40. The minimum atomic E-state index is -1.58. The van der Waals surface area contributed by atoms with E-state index in [4.69, 9.17) is 9.47 Å². The molecule has 456 valence electrons. The summed E-state index contributed by atoms with van der Waals surface area (Å²) in [5, 5.41) is 54.6. The van der Waals surface area contributed by atoms with E-state index in [9.17, 15) is 30.3 Å². The number of nitrogens with one attached hydrogen (secondary N) is 1. The third-order valence-corrected chi connectivity index (χ3v) is 14.5. The number of ether oxygens (including phenoxy) is 2. The minimum absolute atomic E-state index is 0.194. The van der Waals surface area contributed by atoms with Crippen LogP contribution < -0.4 is 5.32 Å². The largest absolute Gasteiger partial charge is 0.394 e. The van der Waals surface area contributed by atoms with Crippen LogP contribution in [0.2, 0.25) is 0 Å². The van der Waals surface area contributed by atoms with Crippen molar-refractivity contribution in [3.8, 4) is 0 Å². The van der Waals surface area contributed by atoms with Crippen molar-refractivity contribution in [3.63, 3.8) is 0 Å². The summed E-state index contributed by atoms with van der Waals surface area (Å²) >= 11 is 0. The van der Waals surface area contributed by atoms with E-state index in [2.05, 4.69) is 141 Å². The van der Waals surface area contributed by atoms with Crippen LogP contribution in [0.3, 0.4) is 0 Å². The second-order valence-electron chi connectivity index (χ2n) is 21.8. The highest BCUT2D eigenvalue weighted by Gasteiger charge is 2.44. The third-order valence-electron chi connectivity index (χ3n) is 14.5. The predicted octanol–water partition coefficient (Wildman–Crippen LogP) is 17.2. The van der Waals surface area contributed by atoms with Gasteiger partial charge in [0.25, 0.3) is 0 Å². The maximum Gasteiger partial charge on any atom is 0.220 e. The van der Waals surface area contributed by atoms with Crippen LogP contribution in [-0.4, -0.2) is 87.5 Å². The molecule has 7 atom stereocenters. The van der Waals surface area contributed by atoms with Gasteiger partial charge in [-0.15, -0.1) is 0 Å². The monoisotopic (exact) mass is 1110 g/mol. The first-order valence-electron chi connectivity index (χ1n) is 32.4. The first-order chi connectivity index (χ1) is 39.3. The molecule has 1 aliphatic heterocycles.